The van der Waals surface area contributed by atoms with Crippen LogP contribution in [0.1, 0.15) is 29.9 Å². The predicted molar refractivity (Wildman–Crippen MR) is 54.3 cm³/mol. The fourth-order valence-electron chi connectivity index (χ4n) is 1.01. The number of aromatic nitrogens is 2. The smallest absolute Gasteiger partial charge is 0.264 e. The second-order valence-corrected chi connectivity index (χ2v) is 3.67. The first-order chi connectivity index (χ1) is 7.32. The lowest BCUT2D eigenvalue weighted by atomic mass is 10.1. The van der Waals surface area contributed by atoms with Crippen molar-refractivity contribution in [3.8, 4) is 0 Å². The Morgan fingerprint density at radius 1 is 1.56 bits per heavy atom. The van der Waals surface area contributed by atoms with E-state index in [0.717, 1.165) is 6.92 Å². The molecule has 1 N–H and O–H groups in total. The summed E-state index contributed by atoms with van der Waals surface area (Å²) in [5.74, 6) is -3.55. The molecule has 1 atom stereocenters. The number of hydrogen-bond donors (Lipinski definition) is 1. The van der Waals surface area contributed by atoms with Gasteiger partial charge in [0.05, 0.1) is 17.3 Å². The van der Waals surface area contributed by atoms with Crippen molar-refractivity contribution < 1.29 is 13.6 Å². The highest BCUT2D eigenvalue weighted by Crippen LogP contribution is 2.17. The summed E-state index contributed by atoms with van der Waals surface area (Å²) in [6.07, 6.45) is 2.60. The van der Waals surface area contributed by atoms with Crippen LogP contribution in [0.3, 0.4) is 0 Å². The highest BCUT2D eigenvalue weighted by Gasteiger charge is 2.31. The van der Waals surface area contributed by atoms with E-state index >= 15 is 0 Å². The third-order valence-corrected chi connectivity index (χ3v) is 2.26. The van der Waals surface area contributed by atoms with Crippen molar-refractivity contribution in [2.24, 2.45) is 0 Å². The van der Waals surface area contributed by atoms with Crippen LogP contribution in [0, 0.1) is 6.92 Å². The number of hydrogen-bond acceptors (Lipinski definition) is 3. The zero-order valence-electron chi connectivity index (χ0n) is 9.29. The number of amides is 1. The maximum absolute atomic E-state index is 12.8. The summed E-state index contributed by atoms with van der Waals surface area (Å²) >= 11 is 0. The van der Waals surface area contributed by atoms with Gasteiger partial charge in [-0.05, 0) is 13.8 Å². The largest absolute Gasteiger partial charge is 0.343 e. The molecular weight excluding hydrogens is 216 g/mol. The molecule has 0 radical (unpaired) electrons. The van der Waals surface area contributed by atoms with Gasteiger partial charge in [-0.25, -0.2) is 18.7 Å². The van der Waals surface area contributed by atoms with Crippen LogP contribution in [-0.4, -0.2) is 27.8 Å². The van der Waals surface area contributed by atoms with Crippen molar-refractivity contribution >= 4 is 5.91 Å². The van der Waals surface area contributed by atoms with Gasteiger partial charge in [-0.1, -0.05) is 0 Å². The Labute approximate surface area is 92.1 Å². The molecule has 1 unspecified atom stereocenters. The molecule has 4 nitrogen and oxygen atoms in total. The van der Waals surface area contributed by atoms with Crippen LogP contribution in [0.5, 0.6) is 0 Å². The molecular formula is C10H13F2N3O. The van der Waals surface area contributed by atoms with Crippen LogP contribution in [-0.2, 0) is 0 Å². The van der Waals surface area contributed by atoms with Crippen molar-refractivity contribution in [1.29, 1.82) is 0 Å². The summed E-state index contributed by atoms with van der Waals surface area (Å²) in [6, 6.07) is -1.24. The molecule has 0 saturated heterocycles. The Hall–Kier alpha value is -1.59. The number of nitrogens with zero attached hydrogens (tertiary/aromatic N) is 2. The molecule has 0 aromatic carbocycles. The average Bonchev–Trinajstić information content (AvgIpc) is 2.16. The van der Waals surface area contributed by atoms with Gasteiger partial charge in [0.25, 0.3) is 11.8 Å². The first kappa shape index (κ1) is 12.5. The van der Waals surface area contributed by atoms with E-state index in [-0.39, 0.29) is 5.56 Å². The number of carbonyl (C=O) groups excluding carboxylic acids is 1. The predicted octanol–water partition coefficient (Wildman–Crippen LogP) is 1.56. The number of halogens is 2. The molecule has 1 heterocycles. The Kier molecular flexibility index (Phi) is 3.51. The summed E-state index contributed by atoms with van der Waals surface area (Å²) in [6.45, 7) is 3.62. The van der Waals surface area contributed by atoms with Crippen LogP contribution >= 0.6 is 0 Å². The molecule has 0 aliphatic rings. The van der Waals surface area contributed by atoms with Crippen LogP contribution < -0.4 is 5.32 Å². The maximum atomic E-state index is 12.8. The number of nitrogens with one attached hydrogen (secondary N) is 1. The normalized spacial score (nSPS) is 13.3. The lowest BCUT2D eigenvalue weighted by Gasteiger charge is -2.20. The van der Waals surface area contributed by atoms with Gasteiger partial charge in [-0.3, -0.25) is 4.79 Å². The van der Waals surface area contributed by atoms with Crippen molar-refractivity contribution in [2.75, 3.05) is 0 Å². The monoisotopic (exact) mass is 229 g/mol. The summed E-state index contributed by atoms with van der Waals surface area (Å²) in [7, 11) is 0. The number of rotatable bonds is 3. The number of aryl methyl sites for hydroxylation is 1. The number of carbonyl (C=O) groups is 1. The molecule has 0 saturated carbocycles. The molecule has 88 valence electrons. The maximum Gasteiger partial charge on any atom is 0.264 e. The Balaban J connectivity index is 2.78. The first-order valence-corrected chi connectivity index (χ1v) is 4.77. The zero-order chi connectivity index (χ0) is 12.3. The standard InChI is InChI=1S/C10H13F2N3O/c1-6-8(4-13-5-14-6)9(16)15-7(2)10(3,11)12/h4-5,7H,1-3H3,(H,15,16). The highest BCUT2D eigenvalue weighted by molar-refractivity contribution is 5.95. The van der Waals surface area contributed by atoms with Gasteiger partial charge in [0.1, 0.15) is 6.33 Å². The summed E-state index contributed by atoms with van der Waals surface area (Å²) in [4.78, 5) is 19.1. The molecule has 0 spiro atoms. The van der Waals surface area contributed by atoms with E-state index in [1.807, 2.05) is 0 Å². The van der Waals surface area contributed by atoms with E-state index in [1.54, 1.807) is 6.92 Å². The first-order valence-electron chi connectivity index (χ1n) is 4.77. The molecule has 1 rings (SSSR count). The lowest BCUT2D eigenvalue weighted by molar-refractivity contribution is -0.0108. The fourth-order valence-corrected chi connectivity index (χ4v) is 1.01. The fraction of sp³-hybridized carbons (Fsp3) is 0.500. The SMILES string of the molecule is Cc1ncncc1C(=O)NC(C)C(C)(F)F. The van der Waals surface area contributed by atoms with Gasteiger partial charge in [-0.15, -0.1) is 0 Å². The Morgan fingerprint density at radius 3 is 2.69 bits per heavy atom. The Bertz CT molecular complexity index is 390. The lowest BCUT2D eigenvalue weighted by Crippen LogP contribution is -2.44. The van der Waals surface area contributed by atoms with Crippen molar-refractivity contribution in [3.05, 3.63) is 23.8 Å². The van der Waals surface area contributed by atoms with Gasteiger partial charge in [-0.2, -0.15) is 0 Å². The van der Waals surface area contributed by atoms with E-state index in [4.69, 9.17) is 0 Å². The quantitative estimate of drug-likeness (QED) is 0.855. The van der Waals surface area contributed by atoms with Crippen molar-refractivity contribution in [2.45, 2.75) is 32.7 Å². The third kappa shape index (κ3) is 2.95. The van der Waals surface area contributed by atoms with E-state index in [0.29, 0.717) is 5.69 Å². The minimum Gasteiger partial charge on any atom is -0.343 e. The van der Waals surface area contributed by atoms with Crippen LogP contribution in [0.4, 0.5) is 8.78 Å². The minimum absolute atomic E-state index is 0.207. The Morgan fingerprint density at radius 2 is 2.19 bits per heavy atom. The van der Waals surface area contributed by atoms with Gasteiger partial charge < -0.3 is 5.32 Å². The van der Waals surface area contributed by atoms with E-state index in [9.17, 15) is 13.6 Å². The van der Waals surface area contributed by atoms with Crippen LogP contribution in [0.2, 0.25) is 0 Å². The van der Waals surface area contributed by atoms with Crippen molar-refractivity contribution in [1.82, 2.24) is 15.3 Å². The van der Waals surface area contributed by atoms with E-state index in [1.165, 1.54) is 19.4 Å². The molecule has 0 bridgehead atoms. The van der Waals surface area contributed by atoms with Crippen LogP contribution in [0.25, 0.3) is 0 Å². The zero-order valence-corrected chi connectivity index (χ0v) is 9.29. The second-order valence-electron chi connectivity index (χ2n) is 3.67. The molecule has 6 heteroatoms. The topological polar surface area (TPSA) is 54.9 Å². The second kappa shape index (κ2) is 4.51. The van der Waals surface area contributed by atoms with Gasteiger partial charge >= 0.3 is 0 Å². The van der Waals surface area contributed by atoms with Gasteiger partial charge in [0.2, 0.25) is 0 Å². The van der Waals surface area contributed by atoms with E-state index in [2.05, 4.69) is 15.3 Å². The third-order valence-electron chi connectivity index (χ3n) is 2.26. The van der Waals surface area contributed by atoms with Gasteiger partial charge in [0, 0.05) is 13.1 Å². The molecule has 1 amide bonds. The molecule has 0 aliphatic carbocycles. The van der Waals surface area contributed by atoms with Crippen LogP contribution in [0.15, 0.2) is 12.5 Å². The van der Waals surface area contributed by atoms with Crippen molar-refractivity contribution in [3.63, 3.8) is 0 Å². The molecule has 1 aromatic rings. The summed E-state index contributed by atoms with van der Waals surface area (Å²) in [5.41, 5.74) is 0.665. The molecule has 0 fully saturated rings. The summed E-state index contributed by atoms with van der Waals surface area (Å²) in [5, 5.41) is 2.21. The van der Waals surface area contributed by atoms with E-state index < -0.39 is 17.9 Å². The molecule has 1 aromatic heterocycles. The molecule has 0 aliphatic heterocycles. The molecule has 16 heavy (non-hydrogen) atoms. The minimum atomic E-state index is -2.96. The highest BCUT2D eigenvalue weighted by atomic mass is 19.3. The summed E-state index contributed by atoms with van der Waals surface area (Å²) < 4.78 is 25.7. The van der Waals surface area contributed by atoms with Gasteiger partial charge in [0.15, 0.2) is 0 Å². The number of alkyl halides is 2. The average molecular weight is 229 g/mol.